The number of allylic oxidation sites excluding steroid dienone is 2. The molecule has 2 aromatic carbocycles. The molecule has 1 N–H and O–H groups in total. The van der Waals surface area contributed by atoms with Gasteiger partial charge in [0.1, 0.15) is 0 Å². The van der Waals surface area contributed by atoms with Crippen molar-refractivity contribution >= 4 is 5.97 Å². The SMILES string of the molecule is O=C(O)C1C(Cc2ccccc2)(Cc2ccccc2)[C@H]2C=C[C@@]1(C1CCC3COC1O3)C2. The van der Waals surface area contributed by atoms with Crippen molar-refractivity contribution in [3.05, 3.63) is 83.9 Å². The second-order valence-electron chi connectivity index (χ2n) is 10.3. The van der Waals surface area contributed by atoms with E-state index >= 15 is 0 Å². The van der Waals surface area contributed by atoms with Crippen LogP contribution in [0.4, 0.5) is 0 Å². The van der Waals surface area contributed by atoms with Crippen molar-refractivity contribution < 1.29 is 19.4 Å². The van der Waals surface area contributed by atoms with Gasteiger partial charge in [-0.05, 0) is 54.6 Å². The second kappa shape index (κ2) is 7.57. The van der Waals surface area contributed by atoms with Gasteiger partial charge in [0.2, 0.25) is 0 Å². The second-order valence-corrected chi connectivity index (χ2v) is 10.3. The van der Waals surface area contributed by atoms with Crippen molar-refractivity contribution in [1.29, 1.82) is 0 Å². The lowest BCUT2D eigenvalue weighted by Gasteiger charge is -2.48. The Morgan fingerprint density at radius 3 is 2.25 bits per heavy atom. The Morgan fingerprint density at radius 2 is 1.62 bits per heavy atom. The van der Waals surface area contributed by atoms with Crippen LogP contribution in [-0.4, -0.2) is 30.1 Å². The highest BCUT2D eigenvalue weighted by Crippen LogP contribution is 2.69. The minimum absolute atomic E-state index is 0.0945. The van der Waals surface area contributed by atoms with Crippen LogP contribution in [0.15, 0.2) is 72.8 Å². The summed E-state index contributed by atoms with van der Waals surface area (Å²) in [5.41, 5.74) is 1.63. The molecule has 3 fully saturated rings. The van der Waals surface area contributed by atoms with E-state index in [1.165, 1.54) is 11.1 Å². The number of aliphatic carboxylic acids is 1. The lowest BCUT2D eigenvalue weighted by molar-refractivity contribution is -0.172. The zero-order valence-corrected chi connectivity index (χ0v) is 18.2. The summed E-state index contributed by atoms with van der Waals surface area (Å²) in [6.45, 7) is 0.640. The Balaban J connectivity index is 1.46. The predicted molar refractivity (Wildman–Crippen MR) is 121 cm³/mol. The fourth-order valence-electron chi connectivity index (χ4n) is 7.47. The van der Waals surface area contributed by atoms with E-state index in [1.54, 1.807) is 0 Å². The van der Waals surface area contributed by atoms with Crippen LogP contribution in [0.2, 0.25) is 0 Å². The number of hydrogen-bond acceptors (Lipinski definition) is 3. The Hall–Kier alpha value is -2.43. The van der Waals surface area contributed by atoms with E-state index in [0.717, 1.165) is 32.1 Å². The van der Waals surface area contributed by atoms with Crippen LogP contribution >= 0.6 is 0 Å². The standard InChI is InChI=1S/C28H30O4/c29-25(30)24-27(23-12-11-22-18-31-26(23)32-22)14-13-21(17-27)28(24,15-19-7-3-1-4-8-19)16-20-9-5-2-6-10-20/h1-10,13-14,21-24,26H,11-12,15-18H2,(H,29,30)/t21-,22?,23?,24?,26?,27-/m0/s1. The first-order chi connectivity index (χ1) is 15.6. The molecule has 0 spiro atoms. The van der Waals surface area contributed by atoms with Gasteiger partial charge in [-0.25, -0.2) is 0 Å². The van der Waals surface area contributed by atoms with E-state index in [-0.39, 0.29) is 29.6 Å². The predicted octanol–water partition coefficient (Wildman–Crippen LogP) is 4.89. The van der Waals surface area contributed by atoms with Gasteiger partial charge in [-0.2, -0.15) is 0 Å². The van der Waals surface area contributed by atoms with Crippen molar-refractivity contribution in [2.45, 2.75) is 44.5 Å². The van der Waals surface area contributed by atoms with Crippen molar-refractivity contribution in [2.24, 2.45) is 28.6 Å². The van der Waals surface area contributed by atoms with Gasteiger partial charge in [-0.15, -0.1) is 0 Å². The molecule has 4 nitrogen and oxygen atoms in total. The quantitative estimate of drug-likeness (QED) is 0.663. The van der Waals surface area contributed by atoms with Gasteiger partial charge in [0, 0.05) is 11.3 Å². The lowest BCUT2D eigenvalue weighted by atomic mass is 9.56. The maximum Gasteiger partial charge on any atom is 0.308 e. The number of rotatable bonds is 6. The third kappa shape index (κ3) is 3.00. The molecular formula is C28H30O4. The molecule has 4 aliphatic rings. The van der Waals surface area contributed by atoms with E-state index in [9.17, 15) is 9.90 Å². The van der Waals surface area contributed by atoms with Crippen LogP contribution in [-0.2, 0) is 27.1 Å². The van der Waals surface area contributed by atoms with E-state index < -0.39 is 17.3 Å². The molecule has 6 rings (SSSR count). The monoisotopic (exact) mass is 430 g/mol. The Bertz CT molecular complexity index is 975. The van der Waals surface area contributed by atoms with Crippen LogP contribution in [0.25, 0.3) is 0 Å². The Morgan fingerprint density at radius 1 is 0.969 bits per heavy atom. The Kier molecular flexibility index (Phi) is 4.78. The van der Waals surface area contributed by atoms with Gasteiger partial charge in [-0.1, -0.05) is 72.8 Å². The van der Waals surface area contributed by atoms with Crippen molar-refractivity contribution in [3.8, 4) is 0 Å². The summed E-state index contributed by atoms with van der Waals surface area (Å²) in [7, 11) is 0. The summed E-state index contributed by atoms with van der Waals surface area (Å²) in [6.07, 6.45) is 8.80. The molecule has 1 saturated carbocycles. The zero-order valence-electron chi connectivity index (χ0n) is 18.2. The van der Waals surface area contributed by atoms with Crippen molar-refractivity contribution in [3.63, 3.8) is 0 Å². The van der Waals surface area contributed by atoms with Crippen molar-refractivity contribution in [1.82, 2.24) is 0 Å². The summed E-state index contributed by atoms with van der Waals surface area (Å²) in [4.78, 5) is 13.1. The number of fused-ring (bicyclic) bond motifs is 4. The molecule has 2 heterocycles. The normalized spacial score (nSPS) is 36.4. The number of carboxylic acids is 1. The fraction of sp³-hybridized carbons (Fsp3) is 0.464. The summed E-state index contributed by atoms with van der Waals surface area (Å²) in [6, 6.07) is 20.8. The van der Waals surface area contributed by atoms with Gasteiger partial charge in [0.05, 0.1) is 18.6 Å². The third-order valence-electron chi connectivity index (χ3n) is 8.65. The highest BCUT2D eigenvalue weighted by molar-refractivity contribution is 5.75. The average Bonchev–Trinajstić information content (AvgIpc) is 3.47. The summed E-state index contributed by atoms with van der Waals surface area (Å²) >= 11 is 0. The molecule has 4 unspecified atom stereocenters. The molecule has 2 aliphatic carbocycles. The van der Waals surface area contributed by atoms with Crippen LogP contribution in [0.5, 0.6) is 0 Å². The zero-order chi connectivity index (χ0) is 21.8. The van der Waals surface area contributed by atoms with E-state index in [1.807, 2.05) is 12.1 Å². The summed E-state index contributed by atoms with van der Waals surface area (Å²) < 4.78 is 12.2. The van der Waals surface area contributed by atoms with Gasteiger partial charge in [0.25, 0.3) is 0 Å². The fourth-order valence-corrected chi connectivity index (χ4v) is 7.47. The van der Waals surface area contributed by atoms with E-state index in [2.05, 4.69) is 60.7 Å². The first-order valence-electron chi connectivity index (χ1n) is 11.9. The highest BCUT2D eigenvalue weighted by Gasteiger charge is 2.69. The molecular weight excluding hydrogens is 400 g/mol. The molecule has 2 aliphatic heterocycles. The third-order valence-corrected chi connectivity index (χ3v) is 8.65. The van der Waals surface area contributed by atoms with Crippen LogP contribution in [0.1, 0.15) is 30.4 Å². The summed E-state index contributed by atoms with van der Waals surface area (Å²) in [5.74, 6) is -0.830. The molecule has 4 heteroatoms. The van der Waals surface area contributed by atoms with E-state index in [0.29, 0.717) is 6.61 Å². The minimum Gasteiger partial charge on any atom is -0.481 e. The van der Waals surface area contributed by atoms with Gasteiger partial charge in [-0.3, -0.25) is 4.79 Å². The molecule has 2 saturated heterocycles. The topological polar surface area (TPSA) is 55.8 Å². The van der Waals surface area contributed by atoms with E-state index in [4.69, 9.17) is 9.47 Å². The van der Waals surface area contributed by atoms with Crippen LogP contribution in [0.3, 0.4) is 0 Å². The largest absolute Gasteiger partial charge is 0.481 e. The number of carbonyl (C=O) groups is 1. The minimum atomic E-state index is -0.677. The number of benzene rings is 2. The van der Waals surface area contributed by atoms with Gasteiger partial charge < -0.3 is 14.6 Å². The Labute approximate surface area is 189 Å². The maximum atomic E-state index is 13.1. The average molecular weight is 431 g/mol. The molecule has 32 heavy (non-hydrogen) atoms. The van der Waals surface area contributed by atoms with Crippen molar-refractivity contribution in [2.75, 3.05) is 6.61 Å². The first-order valence-corrected chi connectivity index (χ1v) is 11.9. The lowest BCUT2D eigenvalue weighted by Crippen LogP contribution is -2.51. The molecule has 2 aromatic rings. The smallest absolute Gasteiger partial charge is 0.308 e. The maximum absolute atomic E-state index is 13.1. The number of hydrogen-bond donors (Lipinski definition) is 1. The summed E-state index contributed by atoms with van der Waals surface area (Å²) in [5, 5.41) is 10.8. The molecule has 0 radical (unpaired) electrons. The van der Waals surface area contributed by atoms with Gasteiger partial charge in [0.15, 0.2) is 6.29 Å². The number of ether oxygens (including phenoxy) is 2. The molecule has 4 bridgehead atoms. The molecule has 0 aromatic heterocycles. The molecule has 0 amide bonds. The molecule has 6 atom stereocenters. The highest BCUT2D eigenvalue weighted by atomic mass is 16.7. The number of carboxylic acid groups (broad SMARTS) is 1. The molecule has 166 valence electrons. The van der Waals surface area contributed by atoms with Crippen LogP contribution in [0, 0.1) is 28.6 Å². The first kappa shape index (κ1) is 20.2. The van der Waals surface area contributed by atoms with Gasteiger partial charge >= 0.3 is 5.97 Å². The van der Waals surface area contributed by atoms with Crippen LogP contribution < -0.4 is 0 Å².